The highest BCUT2D eigenvalue weighted by molar-refractivity contribution is 6.41. The van der Waals surface area contributed by atoms with Crippen LogP contribution in [-0.2, 0) is 4.74 Å². The largest absolute Gasteiger partial charge is 0.495 e. The molecule has 0 saturated carbocycles. The molecule has 0 spiro atoms. The maximum absolute atomic E-state index is 6.58. The minimum atomic E-state index is 0.150. The Labute approximate surface area is 183 Å². The average Bonchev–Trinajstić information content (AvgIpc) is 3.26. The van der Waals surface area contributed by atoms with E-state index >= 15 is 0 Å². The second-order valence-electron chi connectivity index (χ2n) is 6.85. The Morgan fingerprint density at radius 2 is 1.90 bits per heavy atom. The highest BCUT2D eigenvalue weighted by Gasteiger charge is 2.19. The van der Waals surface area contributed by atoms with Crippen LogP contribution in [0.5, 0.6) is 11.5 Å². The molecule has 1 aliphatic heterocycles. The van der Waals surface area contributed by atoms with Crippen molar-refractivity contribution in [1.29, 1.82) is 0 Å². The zero-order valence-corrected chi connectivity index (χ0v) is 18.0. The van der Waals surface area contributed by atoms with Crippen LogP contribution in [-0.4, -0.2) is 48.9 Å². The van der Waals surface area contributed by atoms with E-state index in [9.17, 15) is 0 Å². The third-order valence-electron chi connectivity index (χ3n) is 4.92. The van der Waals surface area contributed by atoms with Crippen LogP contribution in [0.25, 0.3) is 27.5 Å². The Morgan fingerprint density at radius 3 is 2.53 bits per heavy atom. The number of methoxy groups -OCH3 is 2. The molecule has 1 atom stereocenters. The molecule has 0 amide bonds. The highest BCUT2D eigenvalue weighted by Crippen LogP contribution is 2.46. The standard InChI is InChI=1S/C20H20Cl2N5O3/c1-28-13-6-14(29-2)17(22)15(16(13)21)12-5-11-8-25-20(23)27-18(11)19(26-12)24-7-10-3-4-30-9-10/h5-6,8,10H,3-4,7,9H2,1-2H3,(H2-,23,24,25,26,27)/q-1. The quantitative estimate of drug-likeness (QED) is 0.584. The number of pyridine rings is 1. The second-order valence-corrected chi connectivity index (χ2v) is 7.61. The number of rotatable bonds is 6. The van der Waals surface area contributed by atoms with E-state index in [0.29, 0.717) is 68.6 Å². The van der Waals surface area contributed by atoms with Gasteiger partial charge >= 0.3 is 0 Å². The average molecular weight is 449 g/mol. The number of nitrogens with two attached hydrogens (primary N) is 1. The molecular formula is C20H20Cl2N5O3-. The lowest BCUT2D eigenvalue weighted by atomic mass is 10.1. The number of aromatic nitrogens is 3. The van der Waals surface area contributed by atoms with E-state index in [2.05, 4.69) is 9.97 Å². The molecule has 4 rings (SSSR count). The molecule has 30 heavy (non-hydrogen) atoms. The van der Waals surface area contributed by atoms with Gasteiger partial charge in [0.15, 0.2) is 0 Å². The molecule has 3 aromatic rings. The van der Waals surface area contributed by atoms with Gasteiger partial charge in [-0.15, -0.1) is 0 Å². The zero-order valence-electron chi connectivity index (χ0n) is 16.5. The SMILES string of the molecule is COc1cc(OC)c(Cl)c(-c2cc3cnc(N)nc3c([N-]CC3CCOC3)n2)c1Cl. The molecule has 2 N–H and O–H groups in total. The van der Waals surface area contributed by atoms with E-state index in [0.717, 1.165) is 13.0 Å². The van der Waals surface area contributed by atoms with Crippen molar-refractivity contribution in [3.63, 3.8) is 0 Å². The van der Waals surface area contributed by atoms with Crippen molar-refractivity contribution < 1.29 is 14.2 Å². The number of halogens is 2. The van der Waals surface area contributed by atoms with Gasteiger partial charge in [0.25, 0.3) is 0 Å². The van der Waals surface area contributed by atoms with Gasteiger partial charge in [-0.1, -0.05) is 23.2 Å². The summed E-state index contributed by atoms with van der Waals surface area (Å²) in [6.07, 6.45) is 2.59. The van der Waals surface area contributed by atoms with Crippen molar-refractivity contribution >= 4 is 45.9 Å². The Morgan fingerprint density at radius 1 is 1.17 bits per heavy atom. The summed E-state index contributed by atoms with van der Waals surface area (Å²) in [6.45, 7) is 2.00. The van der Waals surface area contributed by atoms with Crippen LogP contribution < -0.4 is 15.2 Å². The fourth-order valence-electron chi connectivity index (χ4n) is 3.33. The molecule has 1 aromatic carbocycles. The Bertz CT molecular complexity index is 1060. The maximum Gasteiger partial charge on any atom is 0.220 e. The summed E-state index contributed by atoms with van der Waals surface area (Å²) in [6, 6.07) is 3.42. The summed E-state index contributed by atoms with van der Waals surface area (Å²) in [5.41, 5.74) is 7.34. The van der Waals surface area contributed by atoms with Crippen LogP contribution >= 0.6 is 23.2 Å². The highest BCUT2D eigenvalue weighted by atomic mass is 35.5. The smallest absolute Gasteiger partial charge is 0.220 e. The van der Waals surface area contributed by atoms with Crippen molar-refractivity contribution in [2.45, 2.75) is 6.42 Å². The van der Waals surface area contributed by atoms with Gasteiger partial charge in [0, 0.05) is 36.4 Å². The lowest BCUT2D eigenvalue weighted by molar-refractivity contribution is 0.188. The van der Waals surface area contributed by atoms with Crippen molar-refractivity contribution in [2.24, 2.45) is 5.92 Å². The number of nitrogen functional groups attached to an aromatic ring is 1. The molecule has 1 saturated heterocycles. The van der Waals surface area contributed by atoms with Crippen LogP contribution in [0.4, 0.5) is 11.8 Å². The summed E-state index contributed by atoms with van der Waals surface area (Å²) < 4.78 is 16.2. The predicted octanol–water partition coefficient (Wildman–Crippen LogP) is 4.64. The van der Waals surface area contributed by atoms with E-state index in [4.69, 9.17) is 53.4 Å². The summed E-state index contributed by atoms with van der Waals surface area (Å²) in [4.78, 5) is 13.1. The van der Waals surface area contributed by atoms with Crippen LogP contribution in [0.3, 0.4) is 0 Å². The monoisotopic (exact) mass is 448 g/mol. The van der Waals surface area contributed by atoms with E-state index < -0.39 is 0 Å². The van der Waals surface area contributed by atoms with Gasteiger partial charge in [-0.2, -0.15) is 0 Å². The molecule has 158 valence electrons. The van der Waals surface area contributed by atoms with E-state index in [1.165, 1.54) is 14.2 Å². The molecule has 1 aliphatic rings. The molecule has 1 fully saturated rings. The third kappa shape index (κ3) is 3.90. The Hall–Kier alpha value is -2.55. The minimum Gasteiger partial charge on any atom is -0.495 e. The van der Waals surface area contributed by atoms with E-state index in [-0.39, 0.29) is 5.95 Å². The maximum atomic E-state index is 6.58. The van der Waals surface area contributed by atoms with Gasteiger partial charge in [-0.05, 0) is 36.5 Å². The van der Waals surface area contributed by atoms with Gasteiger partial charge < -0.3 is 30.2 Å². The van der Waals surface area contributed by atoms with E-state index in [1.54, 1.807) is 18.3 Å². The minimum absolute atomic E-state index is 0.150. The Kier molecular flexibility index (Phi) is 5.99. The molecular weight excluding hydrogens is 429 g/mol. The second kappa shape index (κ2) is 8.67. The number of nitrogens with zero attached hydrogens (tertiary/aromatic N) is 4. The van der Waals surface area contributed by atoms with Crippen molar-refractivity contribution in [3.8, 4) is 22.8 Å². The molecule has 0 aliphatic carbocycles. The number of ether oxygens (including phenoxy) is 3. The van der Waals surface area contributed by atoms with Gasteiger partial charge in [0.1, 0.15) is 11.5 Å². The lowest BCUT2D eigenvalue weighted by Gasteiger charge is -2.23. The van der Waals surface area contributed by atoms with Crippen LogP contribution in [0.1, 0.15) is 6.42 Å². The Balaban J connectivity index is 1.86. The fourth-order valence-corrected chi connectivity index (χ4v) is 4.02. The number of benzene rings is 1. The van der Waals surface area contributed by atoms with Crippen molar-refractivity contribution in [2.75, 3.05) is 39.7 Å². The zero-order chi connectivity index (χ0) is 21.3. The number of hydrogen-bond acceptors (Lipinski definition) is 7. The topological polar surface area (TPSA) is 106 Å². The molecule has 0 bridgehead atoms. The predicted molar refractivity (Wildman–Crippen MR) is 117 cm³/mol. The molecule has 1 unspecified atom stereocenters. The normalized spacial score (nSPS) is 16.1. The first-order valence-electron chi connectivity index (χ1n) is 9.30. The molecule has 2 aromatic heterocycles. The molecule has 3 heterocycles. The summed E-state index contributed by atoms with van der Waals surface area (Å²) in [7, 11) is 3.04. The first-order chi connectivity index (χ1) is 14.5. The third-order valence-corrected chi connectivity index (χ3v) is 5.67. The molecule has 8 nitrogen and oxygen atoms in total. The summed E-state index contributed by atoms with van der Waals surface area (Å²) in [5, 5.41) is 6.06. The summed E-state index contributed by atoms with van der Waals surface area (Å²) in [5.74, 6) is 1.78. The van der Waals surface area contributed by atoms with Crippen LogP contribution in [0, 0.1) is 5.92 Å². The lowest BCUT2D eigenvalue weighted by Crippen LogP contribution is -2.05. The molecule has 0 radical (unpaired) electrons. The van der Waals surface area contributed by atoms with Gasteiger partial charge in [-0.25, -0.2) is 9.97 Å². The summed E-state index contributed by atoms with van der Waals surface area (Å²) >= 11 is 13.2. The first-order valence-corrected chi connectivity index (χ1v) is 10.1. The van der Waals surface area contributed by atoms with Crippen LogP contribution in [0.2, 0.25) is 10.0 Å². The van der Waals surface area contributed by atoms with Crippen LogP contribution in [0.15, 0.2) is 18.3 Å². The molecule has 10 heteroatoms. The number of hydrogen-bond donors (Lipinski definition) is 1. The van der Waals surface area contributed by atoms with Gasteiger partial charge in [-0.3, -0.25) is 0 Å². The first kappa shape index (κ1) is 20.7. The van der Waals surface area contributed by atoms with Crippen molar-refractivity contribution in [3.05, 3.63) is 33.7 Å². The fraction of sp³-hybridized carbons (Fsp3) is 0.350. The number of fused-ring (bicyclic) bond motifs is 1. The van der Waals surface area contributed by atoms with Crippen molar-refractivity contribution in [1.82, 2.24) is 15.0 Å². The number of anilines is 1. The van der Waals surface area contributed by atoms with E-state index in [1.807, 2.05) is 0 Å². The van der Waals surface area contributed by atoms with Gasteiger partial charge in [0.05, 0.1) is 29.8 Å². The van der Waals surface area contributed by atoms with Gasteiger partial charge in [0.2, 0.25) is 5.95 Å².